The van der Waals surface area contributed by atoms with Crippen LogP contribution in [0.2, 0.25) is 0 Å². The Morgan fingerprint density at radius 3 is 2.63 bits per heavy atom. The van der Waals surface area contributed by atoms with Crippen molar-refractivity contribution in [3.05, 3.63) is 70.7 Å². The van der Waals surface area contributed by atoms with Crippen molar-refractivity contribution in [2.24, 2.45) is 0 Å². The molecule has 2 heterocycles. The summed E-state index contributed by atoms with van der Waals surface area (Å²) in [6, 6.07) is 14.6. The molecule has 2 aromatic heterocycles. The number of thiophene rings is 1. The lowest BCUT2D eigenvalue weighted by Gasteiger charge is -2.05. The molecule has 0 radical (unpaired) electrons. The molecule has 0 spiro atoms. The van der Waals surface area contributed by atoms with Crippen molar-refractivity contribution in [1.82, 2.24) is 15.1 Å². The molecule has 3 nitrogen and oxygen atoms in total. The van der Waals surface area contributed by atoms with Gasteiger partial charge in [-0.25, -0.2) is 4.68 Å². The van der Waals surface area contributed by atoms with Gasteiger partial charge in [0, 0.05) is 30.4 Å². The Morgan fingerprint density at radius 2 is 1.95 bits per heavy atom. The third kappa shape index (κ3) is 3.10. The minimum absolute atomic E-state index is 0.886. The number of aromatic nitrogens is 2. The first-order chi connectivity index (χ1) is 9.42. The van der Waals surface area contributed by atoms with Gasteiger partial charge in [-0.05, 0) is 35.2 Å². The molecule has 1 N–H and O–H groups in total. The molecular weight excluding hydrogens is 254 g/mol. The van der Waals surface area contributed by atoms with Crippen molar-refractivity contribution in [1.29, 1.82) is 0 Å². The molecule has 19 heavy (non-hydrogen) atoms. The van der Waals surface area contributed by atoms with Crippen molar-refractivity contribution in [3.63, 3.8) is 0 Å². The van der Waals surface area contributed by atoms with E-state index in [4.69, 9.17) is 0 Å². The van der Waals surface area contributed by atoms with Crippen LogP contribution in [0.25, 0.3) is 5.69 Å². The first kappa shape index (κ1) is 12.1. The summed E-state index contributed by atoms with van der Waals surface area (Å²) < 4.78 is 1.86. The summed E-state index contributed by atoms with van der Waals surface area (Å²) in [4.78, 5) is 1.37. The van der Waals surface area contributed by atoms with Gasteiger partial charge in [-0.15, -0.1) is 11.3 Å². The number of nitrogens with zero attached hydrogens (tertiary/aromatic N) is 2. The van der Waals surface area contributed by atoms with Crippen LogP contribution in [0.4, 0.5) is 0 Å². The zero-order chi connectivity index (χ0) is 12.9. The standard InChI is InChI=1S/C15H15N3S/c1-3-15(19-10-1)12-16-11-13-4-6-14(7-5-13)18-9-2-8-17-18/h1-10,16H,11-12H2. The Balaban J connectivity index is 1.57. The molecule has 3 rings (SSSR count). The van der Waals surface area contributed by atoms with E-state index in [0.717, 1.165) is 18.8 Å². The molecule has 0 unspecified atom stereocenters. The molecule has 0 atom stereocenters. The van der Waals surface area contributed by atoms with Crippen molar-refractivity contribution >= 4 is 11.3 Å². The fraction of sp³-hybridized carbons (Fsp3) is 0.133. The predicted molar refractivity (Wildman–Crippen MR) is 78.4 cm³/mol. The van der Waals surface area contributed by atoms with Crippen LogP contribution in [-0.4, -0.2) is 9.78 Å². The zero-order valence-corrected chi connectivity index (χ0v) is 11.3. The highest BCUT2D eigenvalue weighted by molar-refractivity contribution is 7.09. The monoisotopic (exact) mass is 269 g/mol. The number of rotatable bonds is 5. The van der Waals surface area contributed by atoms with Crippen molar-refractivity contribution in [3.8, 4) is 5.69 Å². The second-order valence-corrected chi connectivity index (χ2v) is 5.33. The summed E-state index contributed by atoms with van der Waals surface area (Å²) in [6.45, 7) is 1.82. The van der Waals surface area contributed by atoms with Crippen LogP contribution in [0.5, 0.6) is 0 Å². The van der Waals surface area contributed by atoms with E-state index < -0.39 is 0 Å². The summed E-state index contributed by atoms with van der Waals surface area (Å²) in [6.07, 6.45) is 3.74. The Hall–Kier alpha value is -1.91. The number of benzene rings is 1. The average Bonchev–Trinajstić information content (AvgIpc) is 3.13. The van der Waals surface area contributed by atoms with Crippen LogP contribution >= 0.6 is 11.3 Å². The average molecular weight is 269 g/mol. The quantitative estimate of drug-likeness (QED) is 0.770. The smallest absolute Gasteiger partial charge is 0.0645 e. The molecular formula is C15H15N3S. The Labute approximate surface area is 116 Å². The third-order valence-electron chi connectivity index (χ3n) is 2.91. The van der Waals surface area contributed by atoms with Crippen LogP contribution in [0.1, 0.15) is 10.4 Å². The van der Waals surface area contributed by atoms with Crippen LogP contribution in [-0.2, 0) is 13.1 Å². The fourth-order valence-electron chi connectivity index (χ4n) is 1.93. The van der Waals surface area contributed by atoms with Gasteiger partial charge in [0.05, 0.1) is 5.69 Å². The largest absolute Gasteiger partial charge is 0.308 e. The summed E-state index contributed by atoms with van der Waals surface area (Å²) in [7, 11) is 0. The van der Waals surface area contributed by atoms with Crippen molar-refractivity contribution in [2.45, 2.75) is 13.1 Å². The molecule has 0 aliphatic carbocycles. The van der Waals surface area contributed by atoms with E-state index >= 15 is 0 Å². The first-order valence-electron chi connectivity index (χ1n) is 6.24. The molecule has 0 aliphatic heterocycles. The number of hydrogen-bond acceptors (Lipinski definition) is 3. The minimum atomic E-state index is 0.886. The SMILES string of the molecule is c1csc(CNCc2ccc(-n3cccn3)cc2)c1. The highest BCUT2D eigenvalue weighted by Gasteiger charge is 1.98. The summed E-state index contributed by atoms with van der Waals surface area (Å²) in [5, 5.41) is 9.77. The molecule has 0 saturated heterocycles. The second kappa shape index (κ2) is 5.82. The van der Waals surface area contributed by atoms with Crippen LogP contribution in [0.15, 0.2) is 60.2 Å². The first-order valence-corrected chi connectivity index (χ1v) is 7.12. The molecule has 4 heteroatoms. The number of nitrogens with one attached hydrogen (secondary N) is 1. The number of hydrogen-bond donors (Lipinski definition) is 1. The fourth-order valence-corrected chi connectivity index (χ4v) is 2.61. The van der Waals surface area contributed by atoms with E-state index in [1.807, 2.05) is 16.9 Å². The maximum Gasteiger partial charge on any atom is 0.0645 e. The molecule has 1 aromatic carbocycles. The lowest BCUT2D eigenvalue weighted by atomic mass is 10.2. The maximum atomic E-state index is 4.21. The van der Waals surface area contributed by atoms with E-state index in [2.05, 4.69) is 52.2 Å². The highest BCUT2D eigenvalue weighted by Crippen LogP contribution is 2.10. The second-order valence-electron chi connectivity index (χ2n) is 4.30. The van der Waals surface area contributed by atoms with Gasteiger partial charge < -0.3 is 5.32 Å². The van der Waals surface area contributed by atoms with E-state index in [9.17, 15) is 0 Å². The highest BCUT2D eigenvalue weighted by atomic mass is 32.1. The lowest BCUT2D eigenvalue weighted by molar-refractivity contribution is 0.700. The molecule has 0 saturated carbocycles. The van der Waals surface area contributed by atoms with Crippen LogP contribution in [0, 0.1) is 0 Å². The van der Waals surface area contributed by atoms with Gasteiger partial charge in [0.15, 0.2) is 0 Å². The Bertz CT molecular complexity index is 597. The van der Waals surface area contributed by atoms with Gasteiger partial charge in [-0.1, -0.05) is 18.2 Å². The topological polar surface area (TPSA) is 29.9 Å². The van der Waals surface area contributed by atoms with Crippen LogP contribution in [0.3, 0.4) is 0 Å². The zero-order valence-electron chi connectivity index (χ0n) is 10.5. The summed E-state index contributed by atoms with van der Waals surface area (Å²) in [5.74, 6) is 0. The minimum Gasteiger partial charge on any atom is -0.308 e. The van der Waals surface area contributed by atoms with Gasteiger partial charge in [-0.2, -0.15) is 5.10 Å². The van der Waals surface area contributed by atoms with Gasteiger partial charge in [0.1, 0.15) is 0 Å². The van der Waals surface area contributed by atoms with E-state index in [1.165, 1.54) is 10.4 Å². The van der Waals surface area contributed by atoms with Crippen molar-refractivity contribution < 1.29 is 0 Å². The van der Waals surface area contributed by atoms with Gasteiger partial charge in [0.25, 0.3) is 0 Å². The van der Waals surface area contributed by atoms with Gasteiger partial charge in [-0.3, -0.25) is 0 Å². The normalized spacial score (nSPS) is 10.7. The van der Waals surface area contributed by atoms with Gasteiger partial charge >= 0.3 is 0 Å². The lowest BCUT2D eigenvalue weighted by Crippen LogP contribution is -2.11. The summed E-state index contributed by atoms with van der Waals surface area (Å²) in [5.41, 5.74) is 2.37. The molecule has 96 valence electrons. The van der Waals surface area contributed by atoms with Crippen molar-refractivity contribution in [2.75, 3.05) is 0 Å². The molecule has 0 bridgehead atoms. The van der Waals surface area contributed by atoms with E-state index in [-0.39, 0.29) is 0 Å². The van der Waals surface area contributed by atoms with E-state index in [1.54, 1.807) is 17.5 Å². The Kier molecular flexibility index (Phi) is 3.72. The van der Waals surface area contributed by atoms with E-state index in [0.29, 0.717) is 0 Å². The maximum absolute atomic E-state index is 4.21. The third-order valence-corrected chi connectivity index (χ3v) is 3.79. The molecule has 0 aliphatic rings. The van der Waals surface area contributed by atoms with Crippen LogP contribution < -0.4 is 5.32 Å². The van der Waals surface area contributed by atoms with Gasteiger partial charge in [0.2, 0.25) is 0 Å². The molecule has 3 aromatic rings. The summed E-state index contributed by atoms with van der Waals surface area (Å²) >= 11 is 1.78. The predicted octanol–water partition coefficient (Wildman–Crippen LogP) is 3.22. The molecule has 0 amide bonds. The Morgan fingerprint density at radius 1 is 1.05 bits per heavy atom. The molecule has 0 fully saturated rings.